The lowest BCUT2D eigenvalue weighted by molar-refractivity contribution is -0.275. The molecule has 6 nitrogen and oxygen atoms in total. The fourth-order valence-electron chi connectivity index (χ4n) is 1.27. The molecule has 0 fully saturated rings. The first-order valence-corrected chi connectivity index (χ1v) is 4.50. The Bertz CT molecular complexity index is 508. The molecule has 0 saturated carbocycles. The van der Waals surface area contributed by atoms with Crippen molar-refractivity contribution in [1.82, 2.24) is 4.98 Å². The SMILES string of the molecule is COc1c(OC(F)(F)F)cc(=O)[nH]c1CC(=O)O. The minimum atomic E-state index is -5.01. The topological polar surface area (TPSA) is 88.6 Å². The smallest absolute Gasteiger partial charge is 0.491 e. The Morgan fingerprint density at radius 3 is 2.56 bits per heavy atom. The number of alkyl halides is 3. The lowest BCUT2D eigenvalue weighted by atomic mass is 10.2. The van der Waals surface area contributed by atoms with Gasteiger partial charge in [0.2, 0.25) is 0 Å². The molecule has 0 aromatic carbocycles. The number of aromatic amines is 1. The summed E-state index contributed by atoms with van der Waals surface area (Å²) < 4.78 is 44.4. The maximum atomic E-state index is 12.1. The minimum Gasteiger partial charge on any atom is -0.491 e. The van der Waals surface area contributed by atoms with Gasteiger partial charge in [0.15, 0.2) is 11.5 Å². The van der Waals surface area contributed by atoms with E-state index < -0.39 is 35.8 Å². The van der Waals surface area contributed by atoms with Gasteiger partial charge in [0.1, 0.15) is 0 Å². The number of pyridine rings is 1. The average molecular weight is 267 g/mol. The van der Waals surface area contributed by atoms with Crippen molar-refractivity contribution in [2.24, 2.45) is 0 Å². The summed E-state index contributed by atoms with van der Waals surface area (Å²) in [6.07, 6.45) is -5.71. The fourth-order valence-corrected chi connectivity index (χ4v) is 1.27. The zero-order valence-electron chi connectivity index (χ0n) is 9.00. The number of aliphatic carboxylic acids is 1. The summed E-state index contributed by atoms with van der Waals surface area (Å²) in [5.41, 5.74) is -1.23. The number of hydrogen-bond donors (Lipinski definition) is 2. The third-order valence-corrected chi connectivity index (χ3v) is 1.79. The molecule has 100 valence electrons. The van der Waals surface area contributed by atoms with Crippen molar-refractivity contribution in [2.75, 3.05) is 7.11 Å². The third-order valence-electron chi connectivity index (χ3n) is 1.79. The van der Waals surface area contributed by atoms with Gasteiger partial charge in [-0.25, -0.2) is 0 Å². The van der Waals surface area contributed by atoms with Gasteiger partial charge in [-0.1, -0.05) is 0 Å². The van der Waals surface area contributed by atoms with Crippen LogP contribution in [0.1, 0.15) is 5.69 Å². The van der Waals surface area contributed by atoms with Crippen molar-refractivity contribution in [1.29, 1.82) is 0 Å². The van der Waals surface area contributed by atoms with Gasteiger partial charge in [0.25, 0.3) is 5.56 Å². The highest BCUT2D eigenvalue weighted by Gasteiger charge is 2.33. The molecule has 1 heterocycles. The molecular formula is C9H8F3NO5. The van der Waals surface area contributed by atoms with Crippen LogP contribution in [0.25, 0.3) is 0 Å². The second-order valence-electron chi connectivity index (χ2n) is 3.13. The molecule has 18 heavy (non-hydrogen) atoms. The Hall–Kier alpha value is -2.19. The first-order valence-electron chi connectivity index (χ1n) is 4.50. The van der Waals surface area contributed by atoms with Crippen LogP contribution in [0.3, 0.4) is 0 Å². The van der Waals surface area contributed by atoms with E-state index in [4.69, 9.17) is 5.11 Å². The van der Waals surface area contributed by atoms with Gasteiger partial charge in [-0.3, -0.25) is 9.59 Å². The molecule has 1 aromatic rings. The first-order chi connectivity index (χ1) is 8.23. The van der Waals surface area contributed by atoms with Crippen LogP contribution in [0.5, 0.6) is 11.5 Å². The van der Waals surface area contributed by atoms with Crippen molar-refractivity contribution in [2.45, 2.75) is 12.8 Å². The van der Waals surface area contributed by atoms with Crippen LogP contribution >= 0.6 is 0 Å². The highest BCUT2D eigenvalue weighted by atomic mass is 19.4. The summed E-state index contributed by atoms with van der Waals surface area (Å²) >= 11 is 0. The number of ether oxygens (including phenoxy) is 2. The van der Waals surface area contributed by atoms with Crippen molar-refractivity contribution in [3.05, 3.63) is 22.1 Å². The van der Waals surface area contributed by atoms with E-state index in [1.807, 2.05) is 0 Å². The van der Waals surface area contributed by atoms with Gasteiger partial charge in [-0.05, 0) is 0 Å². The number of carbonyl (C=O) groups is 1. The Morgan fingerprint density at radius 1 is 1.50 bits per heavy atom. The summed E-state index contributed by atoms with van der Waals surface area (Å²) in [5.74, 6) is -2.70. The summed E-state index contributed by atoms with van der Waals surface area (Å²) in [6, 6.07) is 0.525. The van der Waals surface area contributed by atoms with E-state index in [1.54, 1.807) is 0 Å². The molecule has 0 aliphatic carbocycles. The maximum absolute atomic E-state index is 12.1. The van der Waals surface area contributed by atoms with Crippen LogP contribution in [0, 0.1) is 0 Å². The van der Waals surface area contributed by atoms with Crippen LogP contribution in [0.4, 0.5) is 13.2 Å². The Kier molecular flexibility index (Phi) is 3.84. The second-order valence-corrected chi connectivity index (χ2v) is 3.13. The Morgan fingerprint density at radius 2 is 2.11 bits per heavy atom. The number of halogens is 3. The molecule has 0 aliphatic rings. The van der Waals surface area contributed by atoms with E-state index in [0.717, 1.165) is 7.11 Å². The number of rotatable bonds is 4. The maximum Gasteiger partial charge on any atom is 0.573 e. The highest BCUT2D eigenvalue weighted by Crippen LogP contribution is 2.32. The molecule has 9 heteroatoms. The monoisotopic (exact) mass is 267 g/mol. The zero-order chi connectivity index (χ0) is 13.9. The second kappa shape index (κ2) is 4.98. The molecule has 0 saturated heterocycles. The number of carboxylic acids is 1. The van der Waals surface area contributed by atoms with Gasteiger partial charge in [-0.15, -0.1) is 13.2 Å². The van der Waals surface area contributed by atoms with Crippen molar-refractivity contribution in [3.63, 3.8) is 0 Å². The van der Waals surface area contributed by atoms with Gasteiger partial charge in [-0.2, -0.15) is 0 Å². The van der Waals surface area contributed by atoms with Crippen molar-refractivity contribution in [3.8, 4) is 11.5 Å². The normalized spacial score (nSPS) is 11.1. The summed E-state index contributed by atoms with van der Waals surface area (Å²) in [5, 5.41) is 8.56. The van der Waals surface area contributed by atoms with Crippen LogP contribution in [0.2, 0.25) is 0 Å². The summed E-state index contributed by atoms with van der Waals surface area (Å²) in [4.78, 5) is 23.7. The summed E-state index contributed by atoms with van der Waals surface area (Å²) in [6.45, 7) is 0. The lowest BCUT2D eigenvalue weighted by Crippen LogP contribution is -2.21. The molecule has 1 aromatic heterocycles. The predicted octanol–water partition coefficient (Wildman–Crippen LogP) is 0.909. The van der Waals surface area contributed by atoms with Crippen molar-refractivity contribution >= 4 is 5.97 Å². The third kappa shape index (κ3) is 3.68. The first kappa shape index (κ1) is 13.9. The highest BCUT2D eigenvalue weighted by molar-refractivity contribution is 5.71. The van der Waals surface area contributed by atoms with E-state index in [-0.39, 0.29) is 5.69 Å². The average Bonchev–Trinajstić information content (AvgIpc) is 2.13. The molecule has 0 atom stereocenters. The van der Waals surface area contributed by atoms with E-state index >= 15 is 0 Å². The number of hydrogen-bond acceptors (Lipinski definition) is 4. The Balaban J connectivity index is 3.28. The predicted molar refractivity (Wildman–Crippen MR) is 51.6 cm³/mol. The largest absolute Gasteiger partial charge is 0.573 e. The van der Waals surface area contributed by atoms with E-state index in [2.05, 4.69) is 14.5 Å². The van der Waals surface area contributed by atoms with Gasteiger partial charge >= 0.3 is 12.3 Å². The van der Waals surface area contributed by atoms with Gasteiger partial charge in [0.05, 0.1) is 19.2 Å². The van der Waals surface area contributed by atoms with E-state index in [9.17, 15) is 22.8 Å². The number of aromatic nitrogens is 1. The number of H-pyrrole nitrogens is 1. The standard InChI is InChI=1S/C9H8F3NO5/c1-17-8-4(2-7(15)16)13-6(14)3-5(8)18-9(10,11)12/h3H,2H2,1H3,(H,13,14)(H,15,16). The quantitative estimate of drug-likeness (QED) is 0.846. The molecular weight excluding hydrogens is 259 g/mol. The number of methoxy groups -OCH3 is 1. The van der Waals surface area contributed by atoms with Crippen LogP contribution in [0.15, 0.2) is 10.9 Å². The van der Waals surface area contributed by atoms with Gasteiger partial charge in [0, 0.05) is 6.07 Å². The molecule has 0 aliphatic heterocycles. The molecule has 0 unspecified atom stereocenters. The molecule has 0 spiro atoms. The van der Waals surface area contributed by atoms with Crippen LogP contribution in [-0.2, 0) is 11.2 Å². The minimum absolute atomic E-state index is 0.309. The summed E-state index contributed by atoms with van der Waals surface area (Å²) in [7, 11) is 1.03. The molecule has 2 N–H and O–H groups in total. The number of carboxylic acid groups (broad SMARTS) is 1. The van der Waals surface area contributed by atoms with E-state index in [0.29, 0.717) is 6.07 Å². The van der Waals surface area contributed by atoms with Crippen LogP contribution < -0.4 is 15.0 Å². The molecule has 0 amide bonds. The zero-order valence-corrected chi connectivity index (χ0v) is 9.00. The molecule has 0 bridgehead atoms. The van der Waals surface area contributed by atoms with Gasteiger partial charge < -0.3 is 19.6 Å². The Labute approximate surface area is 98.0 Å². The van der Waals surface area contributed by atoms with Crippen LogP contribution in [-0.4, -0.2) is 29.5 Å². The van der Waals surface area contributed by atoms with E-state index in [1.165, 1.54) is 0 Å². The van der Waals surface area contributed by atoms with Crippen molar-refractivity contribution < 1.29 is 32.5 Å². The molecule has 1 rings (SSSR count). The number of nitrogens with one attached hydrogen (secondary N) is 1. The lowest BCUT2D eigenvalue weighted by Gasteiger charge is -2.14. The fraction of sp³-hybridized carbons (Fsp3) is 0.333. The molecule has 0 radical (unpaired) electrons.